The summed E-state index contributed by atoms with van der Waals surface area (Å²) < 4.78 is 7.86. The molecule has 0 bridgehead atoms. The molecular weight excluding hydrogens is 386 g/mol. The molecule has 160 valence electrons. The number of hydrogen-bond acceptors (Lipinski definition) is 2. The predicted molar refractivity (Wildman–Crippen MR) is 122 cm³/mol. The number of ether oxygens (including phenoxy) is 1. The van der Waals surface area contributed by atoms with Crippen molar-refractivity contribution >= 4 is 6.03 Å². The van der Waals surface area contributed by atoms with Gasteiger partial charge in [-0.2, -0.15) is 0 Å². The van der Waals surface area contributed by atoms with E-state index in [1.165, 1.54) is 12.8 Å². The Morgan fingerprint density at radius 3 is 2.58 bits per heavy atom. The third kappa shape index (κ3) is 3.80. The minimum atomic E-state index is -0.181. The van der Waals surface area contributed by atoms with E-state index < -0.39 is 0 Å². The Morgan fingerprint density at radius 1 is 1.03 bits per heavy atom. The molecule has 2 heterocycles. The molecule has 31 heavy (non-hydrogen) atoms. The molecule has 5 rings (SSSR count). The topological polar surface area (TPSA) is 46.5 Å². The second kappa shape index (κ2) is 8.50. The number of fused-ring (bicyclic) bond motifs is 3. The Balaban J connectivity index is 1.58. The molecule has 1 N–H and O–H groups in total. The number of para-hydroxylation sites is 1. The maximum Gasteiger partial charge on any atom is 0.318 e. The van der Waals surface area contributed by atoms with Gasteiger partial charge in [-0.25, -0.2) is 4.79 Å². The molecule has 1 aliphatic carbocycles. The first-order chi connectivity index (χ1) is 15.2. The number of urea groups is 1. The molecule has 1 saturated carbocycles. The molecule has 3 aromatic rings. The van der Waals surface area contributed by atoms with Crippen LogP contribution in [0.2, 0.25) is 0 Å². The molecule has 1 fully saturated rings. The van der Waals surface area contributed by atoms with E-state index in [4.69, 9.17) is 4.74 Å². The molecule has 5 heteroatoms. The normalized spacial score (nSPS) is 18.2. The molecule has 0 spiro atoms. The fourth-order valence-electron chi connectivity index (χ4n) is 4.93. The smallest absolute Gasteiger partial charge is 0.318 e. The maximum atomic E-state index is 13.6. The molecule has 2 aliphatic rings. The van der Waals surface area contributed by atoms with E-state index in [-0.39, 0.29) is 18.1 Å². The van der Waals surface area contributed by atoms with E-state index >= 15 is 0 Å². The SMILES string of the molecule is CCOc1ccc(C2c3cccn3-c3ccccc3CN2C(=O)NC2CCCC2)cc1. The van der Waals surface area contributed by atoms with Crippen LogP contribution in [-0.2, 0) is 6.54 Å². The van der Waals surface area contributed by atoms with E-state index in [9.17, 15) is 4.79 Å². The molecular formula is C26H29N3O2. The van der Waals surface area contributed by atoms with Crippen LogP contribution in [0.25, 0.3) is 5.69 Å². The number of nitrogens with zero attached hydrogens (tertiary/aromatic N) is 2. The largest absolute Gasteiger partial charge is 0.494 e. The number of carbonyl (C=O) groups excluding carboxylic acids is 1. The summed E-state index contributed by atoms with van der Waals surface area (Å²) in [5.41, 5.74) is 4.46. The van der Waals surface area contributed by atoms with Crippen molar-refractivity contribution in [3.8, 4) is 11.4 Å². The molecule has 5 nitrogen and oxygen atoms in total. The molecule has 0 saturated heterocycles. The van der Waals surface area contributed by atoms with Crippen LogP contribution in [0.3, 0.4) is 0 Å². The zero-order valence-electron chi connectivity index (χ0n) is 18.0. The Hall–Kier alpha value is -3.21. The summed E-state index contributed by atoms with van der Waals surface area (Å²) in [5, 5.41) is 3.31. The van der Waals surface area contributed by atoms with E-state index in [0.717, 1.165) is 41.1 Å². The predicted octanol–water partition coefficient (Wildman–Crippen LogP) is 5.43. The van der Waals surface area contributed by atoms with Crippen molar-refractivity contribution in [3.05, 3.63) is 83.7 Å². The van der Waals surface area contributed by atoms with Crippen LogP contribution < -0.4 is 10.1 Å². The summed E-state index contributed by atoms with van der Waals surface area (Å²) in [5.74, 6) is 0.848. The molecule has 1 aromatic heterocycles. The minimum absolute atomic E-state index is 0.00948. The highest BCUT2D eigenvalue weighted by Crippen LogP contribution is 2.37. The summed E-state index contributed by atoms with van der Waals surface area (Å²) in [4.78, 5) is 15.6. The number of hydrogen-bond donors (Lipinski definition) is 1. The van der Waals surface area contributed by atoms with Gasteiger partial charge in [-0.3, -0.25) is 0 Å². The van der Waals surface area contributed by atoms with Crippen molar-refractivity contribution in [3.63, 3.8) is 0 Å². The second-order valence-electron chi connectivity index (χ2n) is 8.40. The summed E-state index contributed by atoms with van der Waals surface area (Å²) in [6, 6.07) is 20.8. The van der Waals surface area contributed by atoms with Crippen LogP contribution in [-0.4, -0.2) is 28.1 Å². The third-order valence-electron chi connectivity index (χ3n) is 6.41. The van der Waals surface area contributed by atoms with Crippen molar-refractivity contribution in [1.29, 1.82) is 0 Å². The highest BCUT2D eigenvalue weighted by atomic mass is 16.5. The van der Waals surface area contributed by atoms with Crippen molar-refractivity contribution in [1.82, 2.24) is 14.8 Å². The number of rotatable bonds is 4. The van der Waals surface area contributed by atoms with Crippen LogP contribution in [0.15, 0.2) is 66.9 Å². The Bertz CT molecular complexity index is 1050. The average Bonchev–Trinajstić information content (AvgIpc) is 3.45. The average molecular weight is 416 g/mol. The van der Waals surface area contributed by atoms with E-state index in [1.807, 2.05) is 30.0 Å². The monoisotopic (exact) mass is 415 g/mol. The van der Waals surface area contributed by atoms with Gasteiger partial charge >= 0.3 is 6.03 Å². The second-order valence-corrected chi connectivity index (χ2v) is 8.40. The van der Waals surface area contributed by atoms with E-state index in [1.54, 1.807) is 0 Å². The fourth-order valence-corrected chi connectivity index (χ4v) is 4.93. The van der Waals surface area contributed by atoms with Gasteiger partial charge in [0.2, 0.25) is 0 Å². The first-order valence-corrected chi connectivity index (χ1v) is 11.3. The van der Waals surface area contributed by atoms with Gasteiger partial charge < -0.3 is 19.5 Å². The lowest BCUT2D eigenvalue weighted by molar-refractivity contribution is 0.176. The van der Waals surface area contributed by atoms with E-state index in [0.29, 0.717) is 13.2 Å². The van der Waals surface area contributed by atoms with Crippen LogP contribution >= 0.6 is 0 Å². The zero-order valence-corrected chi connectivity index (χ0v) is 18.0. The minimum Gasteiger partial charge on any atom is -0.494 e. The highest BCUT2D eigenvalue weighted by Gasteiger charge is 2.34. The lowest BCUT2D eigenvalue weighted by atomic mass is 10.0. The zero-order chi connectivity index (χ0) is 21.2. The molecule has 1 atom stereocenters. The van der Waals surface area contributed by atoms with Gasteiger partial charge in [0.1, 0.15) is 5.75 Å². The van der Waals surface area contributed by atoms with Gasteiger partial charge in [-0.1, -0.05) is 43.2 Å². The van der Waals surface area contributed by atoms with Gasteiger partial charge in [-0.05, 0) is 61.2 Å². The molecule has 0 radical (unpaired) electrons. The van der Waals surface area contributed by atoms with Crippen molar-refractivity contribution in [2.45, 2.75) is 51.2 Å². The number of amides is 2. The number of nitrogens with one attached hydrogen (secondary N) is 1. The summed E-state index contributed by atoms with van der Waals surface area (Å²) in [7, 11) is 0. The maximum absolute atomic E-state index is 13.6. The van der Waals surface area contributed by atoms with Crippen molar-refractivity contribution in [2.75, 3.05) is 6.61 Å². The summed E-state index contributed by atoms with van der Waals surface area (Å²) >= 11 is 0. The quantitative estimate of drug-likeness (QED) is 0.617. The van der Waals surface area contributed by atoms with Gasteiger partial charge in [-0.15, -0.1) is 0 Å². The van der Waals surface area contributed by atoms with Crippen molar-refractivity contribution in [2.24, 2.45) is 0 Å². The van der Waals surface area contributed by atoms with Crippen LogP contribution in [0.1, 0.15) is 55.5 Å². The highest BCUT2D eigenvalue weighted by molar-refractivity contribution is 5.76. The summed E-state index contributed by atoms with van der Waals surface area (Å²) in [6.45, 7) is 3.18. The van der Waals surface area contributed by atoms with Crippen molar-refractivity contribution < 1.29 is 9.53 Å². The first-order valence-electron chi connectivity index (χ1n) is 11.3. The third-order valence-corrected chi connectivity index (χ3v) is 6.41. The lowest BCUT2D eigenvalue weighted by Gasteiger charge is -2.32. The van der Waals surface area contributed by atoms with Crippen LogP contribution in [0.4, 0.5) is 4.79 Å². The Kier molecular flexibility index (Phi) is 5.41. The standard InChI is InChI=1S/C26H29N3O2/c1-2-31-22-15-13-19(14-16-22)25-24-12-7-17-28(24)23-11-6-3-8-20(23)18-29(25)26(30)27-21-9-4-5-10-21/h3,6-8,11-17,21,25H,2,4-5,9-10,18H2,1H3,(H,27,30). The van der Waals surface area contributed by atoms with Gasteiger partial charge in [0.05, 0.1) is 24.9 Å². The fraction of sp³-hybridized carbons (Fsp3) is 0.346. The molecule has 2 aromatic carbocycles. The lowest BCUT2D eigenvalue weighted by Crippen LogP contribution is -2.45. The Morgan fingerprint density at radius 2 is 1.81 bits per heavy atom. The molecule has 1 unspecified atom stereocenters. The van der Waals surface area contributed by atoms with Gasteiger partial charge in [0, 0.05) is 17.9 Å². The summed E-state index contributed by atoms with van der Waals surface area (Å²) in [6.07, 6.45) is 6.62. The Labute approximate surface area is 183 Å². The number of benzene rings is 2. The molecule has 2 amide bonds. The number of aromatic nitrogens is 1. The van der Waals surface area contributed by atoms with Crippen LogP contribution in [0.5, 0.6) is 5.75 Å². The van der Waals surface area contributed by atoms with Gasteiger partial charge in [0.15, 0.2) is 0 Å². The van der Waals surface area contributed by atoms with E-state index in [2.05, 4.69) is 58.5 Å². The molecule has 1 aliphatic heterocycles. The van der Waals surface area contributed by atoms with Crippen LogP contribution in [0, 0.1) is 0 Å². The number of carbonyl (C=O) groups is 1. The van der Waals surface area contributed by atoms with Gasteiger partial charge in [0.25, 0.3) is 0 Å². The first kappa shape index (κ1) is 19.7.